The maximum absolute atomic E-state index is 12.5. The van der Waals surface area contributed by atoms with Crippen LogP contribution in [0.4, 0.5) is 4.79 Å². The number of nitrogens with one attached hydrogen (secondary N) is 1. The minimum absolute atomic E-state index is 0.299. The van der Waals surface area contributed by atoms with E-state index in [0.29, 0.717) is 12.3 Å². The first-order valence-electron chi connectivity index (χ1n) is 8.15. The number of ether oxygens (including phenoxy) is 1. The number of carbonyl (C=O) groups excluding carboxylic acids is 1. The van der Waals surface area contributed by atoms with E-state index in [9.17, 15) is 4.79 Å². The first-order valence-corrected chi connectivity index (χ1v) is 8.15. The lowest BCUT2D eigenvalue weighted by Gasteiger charge is -2.42. The Labute approximate surface area is 140 Å². The van der Waals surface area contributed by atoms with Gasteiger partial charge in [-0.15, -0.1) is 0 Å². The van der Waals surface area contributed by atoms with Crippen molar-refractivity contribution >= 4 is 6.09 Å². The second kappa shape index (κ2) is 6.56. The molecule has 0 unspecified atom stereocenters. The minimum Gasteiger partial charge on any atom is -0.444 e. The summed E-state index contributed by atoms with van der Waals surface area (Å²) in [5.41, 5.74) is 2.48. The van der Waals surface area contributed by atoms with Crippen LogP contribution in [0.3, 0.4) is 0 Å². The van der Waals surface area contributed by atoms with Gasteiger partial charge in [0.25, 0.3) is 0 Å². The zero-order valence-corrected chi connectivity index (χ0v) is 15.9. The van der Waals surface area contributed by atoms with E-state index in [4.69, 9.17) is 9.57 Å². The summed E-state index contributed by atoms with van der Waals surface area (Å²) in [6.07, 6.45) is 2.62. The topological polar surface area (TPSA) is 50.8 Å². The summed E-state index contributed by atoms with van der Waals surface area (Å²) < 4.78 is 5.55. The number of nitrogens with zero attached hydrogens (tertiary/aromatic N) is 1. The molecular formula is C18H32N2O3. The van der Waals surface area contributed by atoms with Gasteiger partial charge in [0.15, 0.2) is 0 Å². The Kier molecular flexibility index (Phi) is 5.57. The van der Waals surface area contributed by atoms with Crippen LogP contribution in [0.1, 0.15) is 54.9 Å². The Hall–Kier alpha value is -1.49. The van der Waals surface area contributed by atoms with Crippen molar-refractivity contribution in [2.45, 2.75) is 66.0 Å². The van der Waals surface area contributed by atoms with Gasteiger partial charge in [-0.1, -0.05) is 19.6 Å². The Morgan fingerprint density at radius 1 is 1.39 bits per heavy atom. The highest BCUT2D eigenvalue weighted by molar-refractivity contribution is 5.71. The van der Waals surface area contributed by atoms with Crippen LogP contribution in [0.15, 0.2) is 24.0 Å². The maximum atomic E-state index is 12.5. The van der Waals surface area contributed by atoms with E-state index in [1.54, 1.807) is 11.9 Å². The molecule has 132 valence electrons. The molecule has 1 aliphatic heterocycles. The van der Waals surface area contributed by atoms with Crippen LogP contribution in [0.25, 0.3) is 0 Å². The fraction of sp³-hybridized carbons (Fsp3) is 0.722. The number of hydrogen-bond acceptors (Lipinski definition) is 4. The number of allylic oxidation sites excluding steroid dienone is 1. The fourth-order valence-electron chi connectivity index (χ4n) is 3.10. The molecule has 0 aromatic carbocycles. The molecule has 0 aromatic rings. The van der Waals surface area contributed by atoms with E-state index >= 15 is 0 Å². The van der Waals surface area contributed by atoms with Crippen LogP contribution >= 0.6 is 0 Å². The van der Waals surface area contributed by atoms with E-state index in [2.05, 4.69) is 32.0 Å². The number of amides is 1. The van der Waals surface area contributed by atoms with Crippen LogP contribution in [0.5, 0.6) is 0 Å². The normalized spacial score (nSPS) is 19.8. The van der Waals surface area contributed by atoms with Crippen molar-refractivity contribution in [3.8, 4) is 0 Å². The summed E-state index contributed by atoms with van der Waals surface area (Å²) in [5, 5.41) is 0. The first-order chi connectivity index (χ1) is 10.4. The molecule has 1 rings (SSSR count). The van der Waals surface area contributed by atoms with E-state index in [-0.39, 0.29) is 11.5 Å². The van der Waals surface area contributed by atoms with Crippen molar-refractivity contribution in [3.05, 3.63) is 24.0 Å². The summed E-state index contributed by atoms with van der Waals surface area (Å²) in [4.78, 5) is 19.8. The Morgan fingerprint density at radius 2 is 1.96 bits per heavy atom. The average Bonchev–Trinajstić information content (AvgIpc) is 2.72. The molecule has 1 N–H and O–H groups in total. The second-order valence-electron chi connectivity index (χ2n) is 7.68. The molecule has 1 heterocycles. The van der Waals surface area contributed by atoms with Gasteiger partial charge in [0.05, 0.1) is 5.54 Å². The molecule has 0 saturated heterocycles. The summed E-state index contributed by atoms with van der Waals surface area (Å²) in [7, 11) is 1.71. The Morgan fingerprint density at radius 3 is 2.39 bits per heavy atom. The predicted octanol–water partition coefficient (Wildman–Crippen LogP) is 4.02. The molecule has 1 atom stereocenters. The SMILES string of the molecule is C=C(ONC)[C@@](C)(CC)C1=CCN(C(=O)OC(C)(C)C)C1(C)C. The number of carbonyl (C=O) groups is 1. The van der Waals surface area contributed by atoms with Crippen molar-refractivity contribution in [2.75, 3.05) is 13.6 Å². The molecule has 23 heavy (non-hydrogen) atoms. The number of hydrogen-bond donors (Lipinski definition) is 1. The van der Waals surface area contributed by atoms with Crippen molar-refractivity contribution < 1.29 is 14.4 Å². The van der Waals surface area contributed by atoms with Crippen LogP contribution in [0.2, 0.25) is 0 Å². The second-order valence-corrected chi connectivity index (χ2v) is 7.68. The molecule has 5 nitrogen and oxygen atoms in total. The number of hydroxylamine groups is 1. The smallest absolute Gasteiger partial charge is 0.411 e. The first kappa shape index (κ1) is 19.6. The standard InChI is InChI=1S/C18H32N2O3/c1-10-18(8,13(2)23-19-9)14-11-12-20(17(14,6)7)15(21)22-16(3,4)5/h11,19H,2,10,12H2,1,3-9H3/t18-/m1/s1. The van der Waals surface area contributed by atoms with Gasteiger partial charge in [-0.25, -0.2) is 4.79 Å². The third-order valence-electron chi connectivity index (χ3n) is 4.57. The summed E-state index contributed by atoms with van der Waals surface area (Å²) in [6.45, 7) is 18.5. The summed E-state index contributed by atoms with van der Waals surface area (Å²) in [6, 6.07) is 0. The predicted molar refractivity (Wildman–Crippen MR) is 92.8 cm³/mol. The quantitative estimate of drug-likeness (QED) is 0.471. The van der Waals surface area contributed by atoms with Crippen LogP contribution < -0.4 is 5.48 Å². The Bertz CT molecular complexity index is 503. The van der Waals surface area contributed by atoms with Crippen molar-refractivity contribution in [2.24, 2.45) is 5.41 Å². The maximum Gasteiger partial charge on any atom is 0.411 e. The van der Waals surface area contributed by atoms with Crippen LogP contribution in [-0.2, 0) is 9.57 Å². The zero-order chi connectivity index (χ0) is 18.1. The molecule has 0 saturated carbocycles. The van der Waals surface area contributed by atoms with Gasteiger partial charge in [-0.2, -0.15) is 5.48 Å². The average molecular weight is 324 g/mol. The molecule has 0 bridgehead atoms. The van der Waals surface area contributed by atoms with E-state index in [1.165, 1.54) is 0 Å². The molecule has 0 spiro atoms. The van der Waals surface area contributed by atoms with Crippen molar-refractivity contribution in [3.63, 3.8) is 0 Å². The number of rotatable bonds is 5. The molecule has 0 aliphatic carbocycles. The largest absolute Gasteiger partial charge is 0.444 e. The monoisotopic (exact) mass is 324 g/mol. The van der Waals surface area contributed by atoms with Gasteiger partial charge in [-0.05, 0) is 53.5 Å². The third-order valence-corrected chi connectivity index (χ3v) is 4.57. The van der Waals surface area contributed by atoms with Gasteiger partial charge >= 0.3 is 6.09 Å². The highest BCUT2D eigenvalue weighted by atomic mass is 16.6. The molecule has 1 amide bonds. The summed E-state index contributed by atoms with van der Waals surface area (Å²) >= 11 is 0. The molecule has 0 aromatic heterocycles. The van der Waals surface area contributed by atoms with Crippen LogP contribution in [0, 0.1) is 5.41 Å². The van der Waals surface area contributed by atoms with E-state index in [0.717, 1.165) is 12.0 Å². The zero-order valence-electron chi connectivity index (χ0n) is 15.9. The third kappa shape index (κ3) is 3.89. The lowest BCUT2D eigenvalue weighted by atomic mass is 9.71. The fourth-order valence-corrected chi connectivity index (χ4v) is 3.10. The molecule has 5 heteroatoms. The van der Waals surface area contributed by atoms with Gasteiger partial charge in [-0.3, -0.25) is 4.90 Å². The highest BCUT2D eigenvalue weighted by Gasteiger charge is 2.48. The van der Waals surface area contributed by atoms with Crippen molar-refractivity contribution in [1.29, 1.82) is 0 Å². The molecule has 0 radical (unpaired) electrons. The van der Waals surface area contributed by atoms with Crippen molar-refractivity contribution in [1.82, 2.24) is 10.4 Å². The molecular weight excluding hydrogens is 292 g/mol. The molecule has 1 aliphatic rings. The minimum atomic E-state index is -0.511. The molecule has 0 fully saturated rings. The Balaban J connectivity index is 3.08. The van der Waals surface area contributed by atoms with Gasteiger partial charge in [0, 0.05) is 19.0 Å². The van der Waals surface area contributed by atoms with E-state index < -0.39 is 11.1 Å². The van der Waals surface area contributed by atoms with Crippen LogP contribution in [-0.4, -0.2) is 35.7 Å². The van der Waals surface area contributed by atoms with Gasteiger partial charge < -0.3 is 9.57 Å². The van der Waals surface area contributed by atoms with Gasteiger partial charge in [0.2, 0.25) is 0 Å². The lowest BCUT2D eigenvalue weighted by molar-refractivity contribution is 0.0117. The highest BCUT2D eigenvalue weighted by Crippen LogP contribution is 2.47. The lowest BCUT2D eigenvalue weighted by Crippen LogP contribution is -2.49. The van der Waals surface area contributed by atoms with Gasteiger partial charge in [0.1, 0.15) is 11.4 Å². The van der Waals surface area contributed by atoms with E-state index in [1.807, 2.05) is 34.6 Å². The summed E-state index contributed by atoms with van der Waals surface area (Å²) in [5.74, 6) is 0.646.